The Balaban J connectivity index is -0.0000000128. The van der Waals surface area contributed by atoms with Gasteiger partial charge in [-0.25, -0.2) is 0 Å². The van der Waals surface area contributed by atoms with Crippen LogP contribution in [0.3, 0.4) is 0 Å². The van der Waals surface area contributed by atoms with Crippen LogP contribution in [-0.4, -0.2) is 93.4 Å². The molecule has 0 aliphatic heterocycles. The van der Waals surface area contributed by atoms with Crippen LogP contribution < -0.4 is 113 Å². The average Bonchev–Trinajstić information content (AvgIpc) is 3.24. The van der Waals surface area contributed by atoms with Crippen LogP contribution in [0.4, 0.5) is 0 Å². The van der Waals surface area contributed by atoms with E-state index in [1.54, 1.807) is 41.5 Å². The number of hydrogen-bond donors (Lipinski definition) is 0. The van der Waals surface area contributed by atoms with Crippen LogP contribution in [0.2, 0.25) is 0 Å². The first-order valence-corrected chi connectivity index (χ1v) is 23.9. The molecule has 0 aromatic rings. The van der Waals surface area contributed by atoms with Crippen molar-refractivity contribution in [3.63, 3.8) is 0 Å². The summed E-state index contributed by atoms with van der Waals surface area (Å²) in [5, 5.41) is 20.2. The summed E-state index contributed by atoms with van der Waals surface area (Å²) in [4.78, 5) is 36.3. The minimum absolute atomic E-state index is 0. The van der Waals surface area contributed by atoms with Crippen LogP contribution in [0, 0.1) is 0 Å². The summed E-state index contributed by atoms with van der Waals surface area (Å²) >= 11 is 0. The van der Waals surface area contributed by atoms with E-state index in [0.29, 0.717) is 6.42 Å². The van der Waals surface area contributed by atoms with Gasteiger partial charge in [0, 0.05) is 12.8 Å². The molecular formula is C56H134K2Mg2O10. The van der Waals surface area contributed by atoms with Crippen molar-refractivity contribution in [2.24, 2.45) is 0 Å². The molecule has 0 radical (unpaired) electrons. The Morgan fingerprint density at radius 2 is 0.571 bits per heavy atom. The predicted molar refractivity (Wildman–Crippen MR) is 319 cm³/mol. The molecule has 0 aromatic carbocycles. The molecule has 0 bridgehead atoms. The number of unbranched alkanes of at least 4 members (excludes halogenated alkanes) is 10. The normalized spacial score (nSPS) is 7.14. The minimum Gasteiger partial charge on any atom is -1.00 e. The van der Waals surface area contributed by atoms with Crippen molar-refractivity contribution in [2.75, 3.05) is 0 Å². The fraction of sp³-hybridized carbons (Fsp3) is 0.750. The van der Waals surface area contributed by atoms with Crippen LogP contribution in [-0.2, 0) is 30.1 Å². The van der Waals surface area contributed by atoms with E-state index >= 15 is 0 Å². The zero-order chi connectivity index (χ0) is 53.4. The van der Waals surface area contributed by atoms with Crippen molar-refractivity contribution in [2.45, 2.75) is 279 Å². The molecule has 70 heavy (non-hydrogen) atoms. The van der Waals surface area contributed by atoms with Gasteiger partial charge >= 0.3 is 149 Å². The topological polar surface area (TPSA) is 240 Å². The first-order valence-electron chi connectivity index (χ1n) is 23.9. The molecule has 424 valence electrons. The molecule has 14 heteroatoms. The molecular weight excluding hydrogens is 959 g/mol. The molecule has 10 nitrogen and oxygen atoms in total. The average molecular weight is 1090 g/mol. The third-order valence-electron chi connectivity index (χ3n) is 4.39. The van der Waals surface area contributed by atoms with E-state index in [-0.39, 0.29) is 176 Å². The van der Waals surface area contributed by atoms with Gasteiger partial charge in [-0.15, -0.1) is 50.7 Å². The van der Waals surface area contributed by atoms with Crippen molar-refractivity contribution < 1.29 is 160 Å². The van der Waals surface area contributed by atoms with Gasteiger partial charge in [-0.2, -0.15) is 0 Å². The molecule has 0 aromatic heterocycles. The summed E-state index contributed by atoms with van der Waals surface area (Å²) in [6, 6.07) is 0. The maximum Gasteiger partial charge on any atom is 2.00 e. The SMILES string of the molecule is C/C=C/CCC.C/C=C/CCC.C=C.C=C.C=C.CC(C)(C)[O-].CC(C)(C)[O-].CC=O.CC=O.CCC.CCC=O.CCCC.CCCCC.CCCCC=O.CCCCCC.[H-].[H-].[H-].[H-].[K+].[K+].[Mg+2].[Mg+2].[OH-].[OH-].[OH3+].[OH3+]. The molecule has 0 spiro atoms. The fourth-order valence-corrected chi connectivity index (χ4v) is 1.81. The molecule has 0 aliphatic rings. The smallest absolute Gasteiger partial charge is 1.00 e. The predicted octanol–water partition coefficient (Wildman–Crippen LogP) is 9.31. The van der Waals surface area contributed by atoms with Crippen LogP contribution in [0.15, 0.2) is 63.8 Å². The largest absolute Gasteiger partial charge is 2.00 e. The summed E-state index contributed by atoms with van der Waals surface area (Å²) in [6.45, 7) is 60.5. The third-order valence-corrected chi connectivity index (χ3v) is 4.39. The molecule has 0 saturated carbocycles. The Hall–Kier alpha value is 1.95. The van der Waals surface area contributed by atoms with E-state index in [0.717, 1.165) is 44.4 Å². The first-order chi connectivity index (χ1) is 29.1. The summed E-state index contributed by atoms with van der Waals surface area (Å²) < 4.78 is 0. The van der Waals surface area contributed by atoms with Crippen LogP contribution >= 0.6 is 0 Å². The van der Waals surface area contributed by atoms with Gasteiger partial charge in [0.05, 0.1) is 0 Å². The molecule has 0 rings (SSSR count). The van der Waals surface area contributed by atoms with Gasteiger partial charge in [0.25, 0.3) is 0 Å². The fourth-order valence-electron chi connectivity index (χ4n) is 1.81. The van der Waals surface area contributed by atoms with Gasteiger partial charge < -0.3 is 57.0 Å². The van der Waals surface area contributed by atoms with Gasteiger partial charge in [0.2, 0.25) is 0 Å². The second-order valence-corrected chi connectivity index (χ2v) is 14.1. The zero-order valence-corrected chi connectivity index (χ0v) is 61.6. The summed E-state index contributed by atoms with van der Waals surface area (Å²) in [5.74, 6) is 0. The van der Waals surface area contributed by atoms with E-state index in [2.05, 4.69) is 154 Å². The van der Waals surface area contributed by atoms with Gasteiger partial charge in [0.15, 0.2) is 0 Å². The Labute approximate surface area is 566 Å². The standard InChI is InChI=1S/C6H14.2C6H12.C5H10O.C5H12.2C4H9O.C4H10.C3H6O.C3H8.2C2H4O.3C2H4.2K.2Mg.4H2O.4H/c3*1-3-5-6-4-2;1-2-3-4-5-6;1-3-5-4-2;2*1-4(2,3)5;1-3-4-2;1-2-3-4;1-3-2;2*1-2-3;3*1-2;;;;;;;;;;;;/h3-6H2,1-2H3;2*3,5H,4,6H2,1-2H3;5H,2-4H2,1H3;3-5H2,1-2H3;2*1-3H3;3-4H2,1-2H3;3H,2H2,1H3;3H2,1-2H3;2*2H,1H3;3*1-2H2;;;;;4*1H2;;;;/q;;;;;2*-1;;;;;;;;;2*+1;2*+2;;;;;4*-1/b;2*5-3+;;;;;;;;;;;;;;;;;;;;;;;;. The number of rotatable bonds is 14. The maximum absolute atomic E-state index is 10.1. The Morgan fingerprint density at radius 1 is 0.400 bits per heavy atom. The van der Waals surface area contributed by atoms with Gasteiger partial charge in [0.1, 0.15) is 25.1 Å². The van der Waals surface area contributed by atoms with E-state index in [4.69, 9.17) is 9.59 Å². The number of carbonyl (C=O) groups is 4. The monoisotopic (exact) mass is 1090 g/mol. The molecule has 0 fully saturated rings. The van der Waals surface area contributed by atoms with Crippen molar-refractivity contribution in [1.82, 2.24) is 0 Å². The van der Waals surface area contributed by atoms with Crippen LogP contribution in [0.5, 0.6) is 0 Å². The van der Waals surface area contributed by atoms with Gasteiger partial charge in [-0.1, -0.05) is 232 Å². The van der Waals surface area contributed by atoms with Gasteiger partial charge in [-0.3, -0.25) is 0 Å². The van der Waals surface area contributed by atoms with Gasteiger partial charge in [-0.05, 0) is 47.0 Å². The molecule has 0 aliphatic carbocycles. The summed E-state index contributed by atoms with van der Waals surface area (Å²) in [7, 11) is 0. The Bertz CT molecular complexity index is 633. The van der Waals surface area contributed by atoms with Crippen LogP contribution in [0.25, 0.3) is 0 Å². The molecule has 0 unspecified atom stereocenters. The van der Waals surface area contributed by atoms with E-state index in [9.17, 15) is 19.8 Å². The Morgan fingerprint density at radius 3 is 0.614 bits per heavy atom. The Kier molecular flexibility index (Phi) is 470. The summed E-state index contributed by atoms with van der Waals surface area (Å²) in [6.07, 6.45) is 33.9. The third kappa shape index (κ3) is 1030. The van der Waals surface area contributed by atoms with Crippen LogP contribution in [0.1, 0.15) is 274 Å². The molecule has 0 amide bonds. The molecule has 0 atom stereocenters. The van der Waals surface area contributed by atoms with Crippen molar-refractivity contribution in [3.8, 4) is 0 Å². The maximum atomic E-state index is 10.1. The summed E-state index contributed by atoms with van der Waals surface area (Å²) in [5.41, 5.74) is -1.50. The zero-order valence-electron chi connectivity index (χ0n) is 56.5. The second-order valence-electron chi connectivity index (χ2n) is 14.1. The number of hydrogen-bond acceptors (Lipinski definition) is 8. The number of aldehydes is 4. The number of allylic oxidation sites excluding steroid dienone is 4. The minimum atomic E-state index is -0.750. The van der Waals surface area contributed by atoms with E-state index in [1.807, 2.05) is 6.92 Å². The van der Waals surface area contributed by atoms with Crippen molar-refractivity contribution in [1.29, 1.82) is 0 Å². The number of carbonyl (C=O) groups excluding carboxylic acids is 4. The van der Waals surface area contributed by atoms with Crippen molar-refractivity contribution >= 4 is 71.3 Å². The molecule has 0 heterocycles. The molecule has 0 saturated heterocycles. The molecule has 8 N–H and O–H groups in total. The van der Waals surface area contributed by atoms with Crippen molar-refractivity contribution in [3.05, 3.63) is 63.8 Å². The first kappa shape index (κ1) is 151. The quantitative estimate of drug-likeness (QED) is 0.0532. The second kappa shape index (κ2) is 218. The van der Waals surface area contributed by atoms with E-state index < -0.39 is 11.2 Å². The van der Waals surface area contributed by atoms with E-state index in [1.165, 1.54) is 104 Å².